The molecule has 0 fully saturated rings. The van der Waals surface area contributed by atoms with Crippen molar-refractivity contribution in [3.63, 3.8) is 0 Å². The zero-order valence-electron chi connectivity index (χ0n) is 14.0. The average molecular weight is 321 g/mol. The van der Waals surface area contributed by atoms with Gasteiger partial charge in [0.1, 0.15) is 23.4 Å². The van der Waals surface area contributed by atoms with Crippen molar-refractivity contribution in [1.29, 1.82) is 0 Å². The highest BCUT2D eigenvalue weighted by Gasteiger charge is 2.29. The highest BCUT2D eigenvalue weighted by molar-refractivity contribution is 5.58. The lowest BCUT2D eigenvalue weighted by atomic mass is 10.1. The quantitative estimate of drug-likeness (QED) is 0.689. The monoisotopic (exact) mass is 321 g/mol. The molecule has 0 radical (unpaired) electrons. The summed E-state index contributed by atoms with van der Waals surface area (Å²) in [6, 6.07) is 16.5. The molecular formula is C20H21N2O2+. The number of nitrogens with zero attached hydrogens (tertiary/aromatic N) is 2. The second-order valence-electron chi connectivity index (χ2n) is 5.98. The van der Waals surface area contributed by atoms with Crippen LogP contribution in [0, 0.1) is 0 Å². The molecule has 0 saturated heterocycles. The van der Waals surface area contributed by atoms with Crippen LogP contribution >= 0.6 is 0 Å². The van der Waals surface area contributed by atoms with Gasteiger partial charge in [-0.15, -0.1) is 0 Å². The molecule has 0 atom stereocenters. The molecule has 0 N–H and O–H groups in total. The van der Waals surface area contributed by atoms with Crippen molar-refractivity contribution in [3.8, 4) is 28.4 Å². The minimum absolute atomic E-state index is 0.880. The third kappa shape index (κ3) is 2.44. The van der Waals surface area contributed by atoms with Crippen molar-refractivity contribution in [2.75, 3.05) is 14.2 Å². The van der Waals surface area contributed by atoms with E-state index < -0.39 is 0 Å². The Bertz CT molecular complexity index is 779. The standard InChI is InChI=1S/C20H21N2O2/c1-23-17-9-5-15(6-10-17)19-14-22(20-4-3-13-21(19)20)16-7-11-18(24-2)12-8-16/h5-12,14H,3-4,13H2,1-2H3/q+1. The zero-order chi connectivity index (χ0) is 16.5. The number of hydrogen-bond donors (Lipinski definition) is 0. The molecule has 4 rings (SSSR count). The largest absolute Gasteiger partial charge is 0.497 e. The third-order valence-corrected chi connectivity index (χ3v) is 4.65. The summed E-state index contributed by atoms with van der Waals surface area (Å²) >= 11 is 0. The third-order valence-electron chi connectivity index (χ3n) is 4.65. The van der Waals surface area contributed by atoms with Gasteiger partial charge in [0.2, 0.25) is 0 Å². The highest BCUT2D eigenvalue weighted by Crippen LogP contribution is 2.26. The first kappa shape index (κ1) is 14.8. The first-order chi connectivity index (χ1) is 11.8. The number of fused-ring (bicyclic) bond motifs is 1. The Hall–Kier alpha value is -2.75. The molecule has 4 heteroatoms. The van der Waals surface area contributed by atoms with Gasteiger partial charge in [-0.3, -0.25) is 0 Å². The molecule has 1 aromatic heterocycles. The normalized spacial score (nSPS) is 12.9. The van der Waals surface area contributed by atoms with Crippen LogP contribution in [0.4, 0.5) is 0 Å². The molecule has 1 aliphatic rings. The molecule has 0 saturated carbocycles. The topological polar surface area (TPSA) is 27.3 Å². The van der Waals surface area contributed by atoms with E-state index in [0.717, 1.165) is 24.5 Å². The molecule has 0 aliphatic carbocycles. The highest BCUT2D eigenvalue weighted by atomic mass is 16.5. The molecule has 0 unspecified atom stereocenters. The number of imidazole rings is 1. The molecule has 0 amide bonds. The second-order valence-corrected chi connectivity index (χ2v) is 5.98. The molecule has 2 aromatic carbocycles. The smallest absolute Gasteiger partial charge is 0.262 e. The van der Waals surface area contributed by atoms with Gasteiger partial charge in [-0.05, 0) is 55.0 Å². The molecule has 3 aromatic rings. The maximum Gasteiger partial charge on any atom is 0.262 e. The van der Waals surface area contributed by atoms with E-state index in [-0.39, 0.29) is 0 Å². The van der Waals surface area contributed by atoms with Crippen LogP contribution in [0.2, 0.25) is 0 Å². The Morgan fingerprint density at radius 2 is 1.50 bits per heavy atom. The van der Waals surface area contributed by atoms with Crippen molar-refractivity contribution >= 4 is 0 Å². The van der Waals surface area contributed by atoms with Crippen molar-refractivity contribution < 1.29 is 14.0 Å². The van der Waals surface area contributed by atoms with Crippen LogP contribution in [0.1, 0.15) is 12.2 Å². The minimum Gasteiger partial charge on any atom is -0.497 e. The Kier molecular flexibility index (Phi) is 3.73. The lowest BCUT2D eigenvalue weighted by molar-refractivity contribution is -0.679. The first-order valence-electron chi connectivity index (χ1n) is 8.23. The maximum atomic E-state index is 5.27. The Morgan fingerprint density at radius 3 is 2.12 bits per heavy atom. The lowest BCUT2D eigenvalue weighted by Gasteiger charge is -2.01. The Balaban J connectivity index is 1.79. The predicted octanol–water partition coefficient (Wildman–Crippen LogP) is 3.40. The van der Waals surface area contributed by atoms with E-state index in [1.807, 2.05) is 24.3 Å². The van der Waals surface area contributed by atoms with E-state index in [1.165, 1.54) is 29.2 Å². The minimum atomic E-state index is 0.880. The van der Waals surface area contributed by atoms with Gasteiger partial charge in [-0.1, -0.05) is 0 Å². The summed E-state index contributed by atoms with van der Waals surface area (Å²) in [5.74, 6) is 3.12. The summed E-state index contributed by atoms with van der Waals surface area (Å²) in [5, 5.41) is 0. The van der Waals surface area contributed by atoms with Crippen LogP contribution in [0.25, 0.3) is 16.9 Å². The zero-order valence-corrected chi connectivity index (χ0v) is 14.0. The van der Waals surface area contributed by atoms with Crippen LogP contribution < -0.4 is 14.0 Å². The number of rotatable bonds is 4. The van der Waals surface area contributed by atoms with Gasteiger partial charge in [0.15, 0.2) is 5.69 Å². The fourth-order valence-corrected chi connectivity index (χ4v) is 3.39. The fraction of sp³-hybridized carbons (Fsp3) is 0.250. The second kappa shape index (κ2) is 6.04. The van der Waals surface area contributed by atoms with E-state index in [9.17, 15) is 0 Å². The van der Waals surface area contributed by atoms with Crippen LogP contribution in [0.3, 0.4) is 0 Å². The summed E-state index contributed by atoms with van der Waals surface area (Å²) in [6.45, 7) is 1.07. The van der Waals surface area contributed by atoms with Crippen molar-refractivity contribution in [3.05, 3.63) is 60.6 Å². The molecule has 24 heavy (non-hydrogen) atoms. The van der Waals surface area contributed by atoms with Crippen molar-refractivity contribution in [1.82, 2.24) is 4.57 Å². The molecule has 0 spiro atoms. The first-order valence-corrected chi connectivity index (χ1v) is 8.23. The summed E-state index contributed by atoms with van der Waals surface area (Å²) in [6.07, 6.45) is 4.52. The van der Waals surface area contributed by atoms with Crippen LogP contribution in [-0.4, -0.2) is 18.8 Å². The Morgan fingerprint density at radius 1 is 0.875 bits per heavy atom. The van der Waals surface area contributed by atoms with E-state index in [1.54, 1.807) is 14.2 Å². The SMILES string of the molecule is COc1ccc(-c2cn(-c3ccc(OC)cc3)c3[n+]2CCC3)cc1. The van der Waals surface area contributed by atoms with Crippen LogP contribution in [0.15, 0.2) is 54.7 Å². The predicted molar refractivity (Wildman–Crippen MR) is 92.8 cm³/mol. The van der Waals surface area contributed by atoms with Crippen molar-refractivity contribution in [2.45, 2.75) is 19.4 Å². The van der Waals surface area contributed by atoms with Crippen LogP contribution in [0.5, 0.6) is 11.5 Å². The summed E-state index contributed by atoms with van der Waals surface area (Å²) < 4.78 is 15.3. The van der Waals surface area contributed by atoms with Gasteiger partial charge < -0.3 is 9.47 Å². The van der Waals surface area contributed by atoms with Gasteiger partial charge in [-0.2, -0.15) is 4.57 Å². The van der Waals surface area contributed by atoms with Crippen molar-refractivity contribution in [2.24, 2.45) is 0 Å². The van der Waals surface area contributed by atoms with Crippen LogP contribution in [-0.2, 0) is 13.0 Å². The number of hydrogen-bond acceptors (Lipinski definition) is 2. The van der Waals surface area contributed by atoms with Gasteiger partial charge >= 0.3 is 0 Å². The molecule has 4 nitrogen and oxygen atoms in total. The van der Waals surface area contributed by atoms with Gasteiger partial charge in [-0.25, -0.2) is 4.57 Å². The number of benzene rings is 2. The number of methoxy groups -OCH3 is 2. The molecular weight excluding hydrogens is 300 g/mol. The van der Waals surface area contributed by atoms with E-state index in [0.29, 0.717) is 0 Å². The Labute approximate surface area is 141 Å². The van der Waals surface area contributed by atoms with E-state index in [4.69, 9.17) is 9.47 Å². The summed E-state index contributed by atoms with van der Waals surface area (Å²) in [7, 11) is 3.39. The van der Waals surface area contributed by atoms with E-state index in [2.05, 4.69) is 39.6 Å². The number of ether oxygens (including phenoxy) is 2. The molecule has 2 heterocycles. The molecule has 0 bridgehead atoms. The molecule has 1 aliphatic heterocycles. The summed E-state index contributed by atoms with van der Waals surface area (Å²) in [5.41, 5.74) is 3.63. The van der Waals surface area contributed by atoms with Gasteiger partial charge in [0, 0.05) is 5.56 Å². The lowest BCUT2D eigenvalue weighted by Crippen LogP contribution is -2.33. The molecule has 122 valence electrons. The van der Waals surface area contributed by atoms with Gasteiger partial charge in [0.25, 0.3) is 5.82 Å². The van der Waals surface area contributed by atoms with E-state index >= 15 is 0 Å². The fourth-order valence-electron chi connectivity index (χ4n) is 3.39. The number of aromatic nitrogens is 2. The van der Waals surface area contributed by atoms with Gasteiger partial charge in [0.05, 0.1) is 27.2 Å². The average Bonchev–Trinajstić information content (AvgIpc) is 3.24. The summed E-state index contributed by atoms with van der Waals surface area (Å²) in [4.78, 5) is 0. The maximum absolute atomic E-state index is 5.27.